The molecule has 0 aromatic heterocycles. The average Bonchev–Trinajstić information content (AvgIpc) is 3.38. The van der Waals surface area contributed by atoms with Gasteiger partial charge in [-0.2, -0.15) is 12.6 Å². The van der Waals surface area contributed by atoms with Crippen LogP contribution in [0.4, 0.5) is 5.69 Å². The molecule has 3 rings (SSSR count). The number of nitrogens with zero attached hydrogens (tertiary/aromatic N) is 3. The first-order valence-corrected chi connectivity index (χ1v) is 9.59. The fraction of sp³-hybridized carbons (Fsp3) is 0.667. The number of piperazine rings is 1. The summed E-state index contributed by atoms with van der Waals surface area (Å²) >= 11 is 11.0. The van der Waals surface area contributed by atoms with Gasteiger partial charge in [0.25, 0.3) is 0 Å². The second-order valence-electron chi connectivity index (χ2n) is 6.93. The number of halogens is 1. The topological polar surface area (TPSA) is 9.72 Å². The largest absolute Gasteiger partial charge is 0.368 e. The second kappa shape index (κ2) is 7.64. The average molecular weight is 354 g/mol. The van der Waals surface area contributed by atoms with E-state index in [2.05, 4.69) is 59.5 Å². The van der Waals surface area contributed by atoms with Crippen molar-refractivity contribution in [1.29, 1.82) is 0 Å². The fourth-order valence-corrected chi connectivity index (χ4v) is 3.72. The number of anilines is 1. The third-order valence-corrected chi connectivity index (χ3v) is 5.71. The molecule has 1 atom stereocenters. The summed E-state index contributed by atoms with van der Waals surface area (Å²) in [6.07, 6.45) is 2.79. The third kappa shape index (κ3) is 4.56. The Balaban J connectivity index is 1.50. The highest BCUT2D eigenvalue weighted by Crippen LogP contribution is 2.31. The van der Waals surface area contributed by atoms with Gasteiger partial charge in [0.2, 0.25) is 0 Å². The molecule has 1 aliphatic carbocycles. The van der Waals surface area contributed by atoms with Gasteiger partial charge in [-0.3, -0.25) is 4.90 Å². The van der Waals surface area contributed by atoms with Crippen LogP contribution in [0.25, 0.3) is 0 Å². The lowest BCUT2D eigenvalue weighted by molar-refractivity contribution is 0.212. The summed E-state index contributed by atoms with van der Waals surface area (Å²) < 4.78 is 0. The Morgan fingerprint density at radius 1 is 1.26 bits per heavy atom. The van der Waals surface area contributed by atoms with Crippen LogP contribution in [-0.4, -0.2) is 62.2 Å². The molecule has 1 aromatic carbocycles. The van der Waals surface area contributed by atoms with E-state index in [9.17, 15) is 0 Å². The van der Waals surface area contributed by atoms with E-state index in [0.29, 0.717) is 0 Å². The maximum atomic E-state index is 6.49. The summed E-state index contributed by atoms with van der Waals surface area (Å²) in [5.41, 5.74) is 2.35. The maximum Gasteiger partial charge on any atom is 0.0642 e. The molecule has 1 aliphatic heterocycles. The van der Waals surface area contributed by atoms with Gasteiger partial charge >= 0.3 is 0 Å². The first-order valence-electron chi connectivity index (χ1n) is 8.69. The fourth-order valence-electron chi connectivity index (χ4n) is 3.25. The van der Waals surface area contributed by atoms with Crippen molar-refractivity contribution in [2.45, 2.75) is 31.1 Å². The van der Waals surface area contributed by atoms with Crippen molar-refractivity contribution in [3.05, 3.63) is 28.8 Å². The normalized spacial score (nSPS) is 21.0. The molecular formula is C18H28ClN3S. The van der Waals surface area contributed by atoms with Crippen LogP contribution in [0.1, 0.15) is 30.6 Å². The van der Waals surface area contributed by atoms with Gasteiger partial charge in [-0.25, -0.2) is 0 Å². The first kappa shape index (κ1) is 17.4. The van der Waals surface area contributed by atoms with Gasteiger partial charge in [-0.15, -0.1) is 0 Å². The SMILES string of the molecule is CC(S)c1ccc(N2CCN(CCN(C)C3CC3)CC2)c(Cl)c1. The quantitative estimate of drug-likeness (QED) is 0.784. The zero-order valence-corrected chi connectivity index (χ0v) is 15.9. The van der Waals surface area contributed by atoms with Crippen molar-refractivity contribution in [3.63, 3.8) is 0 Å². The summed E-state index contributed by atoms with van der Waals surface area (Å²) in [5.74, 6) is 0. The van der Waals surface area contributed by atoms with Crippen LogP contribution in [0, 0.1) is 0 Å². The number of hydrogen-bond acceptors (Lipinski definition) is 4. The molecule has 2 fully saturated rings. The van der Waals surface area contributed by atoms with E-state index in [1.54, 1.807) is 0 Å². The van der Waals surface area contributed by atoms with Crippen molar-refractivity contribution >= 4 is 29.9 Å². The zero-order valence-electron chi connectivity index (χ0n) is 14.2. The molecule has 1 saturated carbocycles. The molecule has 0 radical (unpaired) electrons. The van der Waals surface area contributed by atoms with E-state index in [1.165, 1.54) is 37.2 Å². The van der Waals surface area contributed by atoms with Gasteiger partial charge in [0.1, 0.15) is 0 Å². The van der Waals surface area contributed by atoms with Crippen LogP contribution in [0.15, 0.2) is 18.2 Å². The molecule has 1 saturated heterocycles. The smallest absolute Gasteiger partial charge is 0.0642 e. The molecule has 0 N–H and O–H groups in total. The Hall–Kier alpha value is -0.420. The highest BCUT2D eigenvalue weighted by Gasteiger charge is 2.26. The Morgan fingerprint density at radius 3 is 2.52 bits per heavy atom. The maximum absolute atomic E-state index is 6.49. The second-order valence-corrected chi connectivity index (χ2v) is 8.11. The Morgan fingerprint density at radius 2 is 1.96 bits per heavy atom. The number of likely N-dealkylation sites (N-methyl/N-ethyl adjacent to an activating group) is 1. The van der Waals surface area contributed by atoms with Crippen LogP contribution in [0.3, 0.4) is 0 Å². The van der Waals surface area contributed by atoms with Crippen LogP contribution < -0.4 is 4.90 Å². The molecule has 0 spiro atoms. The van der Waals surface area contributed by atoms with Gasteiger partial charge in [0, 0.05) is 50.6 Å². The minimum Gasteiger partial charge on any atom is -0.368 e. The third-order valence-electron chi connectivity index (χ3n) is 5.11. The van der Waals surface area contributed by atoms with Crippen LogP contribution >= 0.6 is 24.2 Å². The van der Waals surface area contributed by atoms with Crippen molar-refractivity contribution in [1.82, 2.24) is 9.80 Å². The van der Waals surface area contributed by atoms with Crippen molar-refractivity contribution in [3.8, 4) is 0 Å². The standard InChI is InChI=1S/C18H28ClN3S/c1-14(23)15-3-6-18(17(19)13-15)22-11-9-21(10-12-22)8-7-20(2)16-4-5-16/h3,6,13-14,16,23H,4-5,7-12H2,1-2H3. The molecule has 0 bridgehead atoms. The number of benzene rings is 1. The van der Waals surface area contributed by atoms with Crippen LogP contribution in [-0.2, 0) is 0 Å². The number of rotatable bonds is 6. The van der Waals surface area contributed by atoms with Gasteiger partial charge in [-0.05, 0) is 44.5 Å². The van der Waals surface area contributed by atoms with Crippen molar-refractivity contribution in [2.24, 2.45) is 0 Å². The molecule has 1 aromatic rings. The minimum atomic E-state index is 0.224. The van der Waals surface area contributed by atoms with Gasteiger partial charge in [-0.1, -0.05) is 17.7 Å². The zero-order chi connectivity index (χ0) is 16.4. The lowest BCUT2D eigenvalue weighted by Gasteiger charge is -2.37. The summed E-state index contributed by atoms with van der Waals surface area (Å²) in [6.45, 7) is 8.82. The summed E-state index contributed by atoms with van der Waals surface area (Å²) in [7, 11) is 2.26. The predicted octanol–water partition coefficient (Wildman–Crippen LogP) is 3.55. The molecule has 3 nitrogen and oxygen atoms in total. The molecular weight excluding hydrogens is 326 g/mol. The lowest BCUT2D eigenvalue weighted by atomic mass is 10.1. The Kier molecular flexibility index (Phi) is 5.78. The molecule has 2 aliphatic rings. The molecule has 0 amide bonds. The van der Waals surface area contributed by atoms with E-state index >= 15 is 0 Å². The molecule has 1 unspecified atom stereocenters. The summed E-state index contributed by atoms with van der Waals surface area (Å²) in [4.78, 5) is 7.50. The van der Waals surface area contributed by atoms with Gasteiger partial charge < -0.3 is 9.80 Å². The van der Waals surface area contributed by atoms with Crippen molar-refractivity contribution < 1.29 is 0 Å². The van der Waals surface area contributed by atoms with Crippen LogP contribution in [0.5, 0.6) is 0 Å². The monoisotopic (exact) mass is 353 g/mol. The number of hydrogen-bond donors (Lipinski definition) is 1. The van der Waals surface area contributed by atoms with E-state index in [-0.39, 0.29) is 5.25 Å². The molecule has 23 heavy (non-hydrogen) atoms. The lowest BCUT2D eigenvalue weighted by Crippen LogP contribution is -2.48. The molecule has 5 heteroatoms. The van der Waals surface area contributed by atoms with E-state index in [4.69, 9.17) is 11.6 Å². The molecule has 128 valence electrons. The minimum absolute atomic E-state index is 0.224. The summed E-state index contributed by atoms with van der Waals surface area (Å²) in [6, 6.07) is 7.23. The highest BCUT2D eigenvalue weighted by atomic mass is 35.5. The van der Waals surface area contributed by atoms with E-state index < -0.39 is 0 Å². The Labute approximate surface area is 151 Å². The predicted molar refractivity (Wildman–Crippen MR) is 103 cm³/mol. The number of thiol groups is 1. The van der Waals surface area contributed by atoms with E-state index in [0.717, 1.165) is 37.2 Å². The van der Waals surface area contributed by atoms with E-state index in [1.807, 2.05) is 0 Å². The van der Waals surface area contributed by atoms with Crippen LogP contribution in [0.2, 0.25) is 5.02 Å². The van der Waals surface area contributed by atoms with Crippen molar-refractivity contribution in [2.75, 3.05) is 51.2 Å². The highest BCUT2D eigenvalue weighted by molar-refractivity contribution is 7.80. The molecule has 1 heterocycles. The Bertz CT molecular complexity index is 525. The summed E-state index contributed by atoms with van der Waals surface area (Å²) in [5, 5.41) is 1.08. The first-order chi connectivity index (χ1) is 11.0. The van der Waals surface area contributed by atoms with Gasteiger partial charge in [0.05, 0.1) is 10.7 Å². The van der Waals surface area contributed by atoms with Gasteiger partial charge in [0.15, 0.2) is 0 Å².